The summed E-state index contributed by atoms with van der Waals surface area (Å²) in [6, 6.07) is 36.0. The molecule has 0 amide bonds. The summed E-state index contributed by atoms with van der Waals surface area (Å²) in [5.74, 6) is 0.357. The molecule has 0 aliphatic carbocycles. The first-order valence-corrected chi connectivity index (χ1v) is 14.9. The van der Waals surface area contributed by atoms with Crippen molar-refractivity contribution >= 4 is 43.8 Å². The van der Waals surface area contributed by atoms with Gasteiger partial charge in [0, 0.05) is 56.4 Å². The molecule has 7 aromatic rings. The van der Waals surface area contributed by atoms with Gasteiger partial charge in [-0.05, 0) is 60.4 Å². The molecule has 200 valence electrons. The van der Waals surface area contributed by atoms with Crippen molar-refractivity contribution in [2.24, 2.45) is 4.99 Å². The number of fused-ring (bicyclic) bond motifs is 13. The minimum Gasteiger partial charge on any atom is -0.308 e. The Morgan fingerprint density at radius 1 is 0.786 bits per heavy atom. The van der Waals surface area contributed by atoms with Crippen molar-refractivity contribution in [2.75, 3.05) is 0 Å². The average molecular weight is 541 g/mol. The number of hydrogen-bond acceptors (Lipinski definition) is 1. The zero-order chi connectivity index (χ0) is 27.9. The van der Waals surface area contributed by atoms with E-state index in [2.05, 4.69) is 125 Å². The molecule has 0 N–H and O–H groups in total. The molecule has 0 fully saturated rings. The number of aromatic nitrogens is 2. The topological polar surface area (TPSA) is 20.6 Å². The van der Waals surface area contributed by atoms with Gasteiger partial charge in [-0.1, -0.05) is 67.8 Å². The number of pyridine rings is 1. The van der Waals surface area contributed by atoms with Crippen LogP contribution in [-0.2, 0) is 6.42 Å². The van der Waals surface area contributed by atoms with E-state index in [0.717, 1.165) is 30.7 Å². The second kappa shape index (κ2) is 8.74. The largest absolute Gasteiger partial charge is 0.308 e. The van der Waals surface area contributed by atoms with Crippen LogP contribution in [0.2, 0.25) is 0 Å². The van der Waals surface area contributed by atoms with Crippen molar-refractivity contribution in [1.82, 2.24) is 4.40 Å². The molecular weight excluding hydrogens is 510 g/mol. The lowest BCUT2D eigenvalue weighted by atomic mass is 9.77. The van der Waals surface area contributed by atoms with Crippen molar-refractivity contribution in [3.8, 4) is 11.3 Å². The molecule has 0 saturated carbocycles. The maximum absolute atomic E-state index is 5.16. The number of benzene rings is 4. The lowest BCUT2D eigenvalue weighted by molar-refractivity contribution is -0.718. The Morgan fingerprint density at radius 3 is 2.48 bits per heavy atom. The molecule has 3 nitrogen and oxygen atoms in total. The van der Waals surface area contributed by atoms with E-state index in [4.69, 9.17) is 4.99 Å². The maximum Gasteiger partial charge on any atom is 0.213 e. The van der Waals surface area contributed by atoms with Gasteiger partial charge in [-0.15, -0.1) is 0 Å². The van der Waals surface area contributed by atoms with Crippen LogP contribution in [0.25, 0.3) is 49.4 Å². The van der Waals surface area contributed by atoms with Crippen molar-refractivity contribution in [3.05, 3.63) is 145 Å². The van der Waals surface area contributed by atoms with Gasteiger partial charge < -0.3 is 4.40 Å². The first kappa shape index (κ1) is 23.7. The third-order valence-electron chi connectivity index (χ3n) is 9.71. The van der Waals surface area contributed by atoms with Crippen LogP contribution in [0, 0.1) is 0 Å². The van der Waals surface area contributed by atoms with Gasteiger partial charge in [0.15, 0.2) is 12.2 Å². The van der Waals surface area contributed by atoms with Crippen LogP contribution in [0.3, 0.4) is 0 Å². The molecule has 2 unspecified atom stereocenters. The fraction of sp³-hybridized carbons (Fsp3) is 0.128. The van der Waals surface area contributed by atoms with Gasteiger partial charge in [0.1, 0.15) is 0 Å². The normalized spacial score (nSPS) is 18.5. The highest BCUT2D eigenvalue weighted by molar-refractivity contribution is 6.24. The highest BCUT2D eigenvalue weighted by Crippen LogP contribution is 2.45. The monoisotopic (exact) mass is 540 g/mol. The Hall–Kier alpha value is -5.02. The van der Waals surface area contributed by atoms with Crippen LogP contribution in [0.5, 0.6) is 0 Å². The van der Waals surface area contributed by atoms with Crippen molar-refractivity contribution < 1.29 is 4.57 Å². The number of hydrogen-bond donors (Lipinski definition) is 0. The molecule has 0 spiro atoms. The zero-order valence-electron chi connectivity index (χ0n) is 23.4. The van der Waals surface area contributed by atoms with Crippen LogP contribution in [0.4, 0.5) is 0 Å². The predicted octanol–water partition coefficient (Wildman–Crippen LogP) is 8.95. The Kier molecular flexibility index (Phi) is 4.92. The van der Waals surface area contributed by atoms with E-state index in [1.165, 1.54) is 66.0 Å². The fourth-order valence-electron chi connectivity index (χ4n) is 7.96. The van der Waals surface area contributed by atoms with E-state index in [1.54, 1.807) is 0 Å². The molecule has 2 aliphatic rings. The summed E-state index contributed by atoms with van der Waals surface area (Å²) in [5.41, 5.74) is 12.2. The number of aryl methyl sites for hydroxylation is 1. The molecule has 3 aromatic heterocycles. The number of allylic oxidation sites excluding steroid dienone is 2. The van der Waals surface area contributed by atoms with E-state index in [0.29, 0.717) is 5.92 Å². The number of nitrogens with zero attached hydrogens (tertiary/aromatic N) is 3. The van der Waals surface area contributed by atoms with E-state index >= 15 is 0 Å². The first-order valence-electron chi connectivity index (χ1n) is 14.9. The van der Waals surface area contributed by atoms with Crippen LogP contribution < -0.4 is 4.57 Å². The lowest BCUT2D eigenvalue weighted by Gasteiger charge is -2.31. The minimum atomic E-state index is 0.256. The summed E-state index contributed by atoms with van der Waals surface area (Å²) < 4.78 is 4.94. The maximum atomic E-state index is 5.16. The predicted molar refractivity (Wildman–Crippen MR) is 174 cm³/mol. The summed E-state index contributed by atoms with van der Waals surface area (Å²) in [7, 11) is 0. The van der Waals surface area contributed by atoms with Gasteiger partial charge in [0.25, 0.3) is 0 Å². The molecule has 4 aromatic carbocycles. The number of para-hydroxylation sites is 2. The first-order chi connectivity index (χ1) is 20.7. The van der Waals surface area contributed by atoms with Crippen LogP contribution in [-0.4, -0.2) is 10.1 Å². The lowest BCUT2D eigenvalue weighted by Crippen LogP contribution is -2.47. The van der Waals surface area contributed by atoms with Gasteiger partial charge in [-0.2, -0.15) is 4.57 Å². The summed E-state index contributed by atoms with van der Waals surface area (Å²) >= 11 is 0. The Labute approximate surface area is 244 Å². The van der Waals surface area contributed by atoms with Crippen molar-refractivity contribution in [2.45, 2.75) is 31.2 Å². The molecule has 2 aliphatic heterocycles. The van der Waals surface area contributed by atoms with Crippen molar-refractivity contribution in [1.29, 1.82) is 0 Å². The standard InChI is InChI=1S/C39H30N3/c1-3-34-32-23-33-31-15-10-14-30-28-13-6-7-17-36(28)42(39(30)31)38(33)22-25(32)18-19-29-26-11-4-5-12-27(26)35-16-8-9-20-41(35)37(29)21-24(2)40-34/h3-17,20,22-23,29,37H,1-2,18-19,21H2/q+1. The summed E-state index contributed by atoms with van der Waals surface area (Å²) in [4.78, 5) is 5.16. The molecule has 0 radical (unpaired) electrons. The summed E-state index contributed by atoms with van der Waals surface area (Å²) in [6.45, 7) is 8.70. The van der Waals surface area contributed by atoms with Gasteiger partial charge in [-0.25, -0.2) is 0 Å². The average Bonchev–Trinajstić information content (AvgIpc) is 3.54. The van der Waals surface area contributed by atoms with E-state index < -0.39 is 0 Å². The zero-order valence-corrected chi connectivity index (χ0v) is 23.4. The second-order valence-electron chi connectivity index (χ2n) is 11.8. The van der Waals surface area contributed by atoms with E-state index in [9.17, 15) is 0 Å². The highest BCUT2D eigenvalue weighted by Gasteiger charge is 2.40. The van der Waals surface area contributed by atoms with Gasteiger partial charge in [0.2, 0.25) is 5.69 Å². The Bertz CT molecular complexity index is 2280. The van der Waals surface area contributed by atoms with Crippen LogP contribution in [0.1, 0.15) is 41.5 Å². The molecule has 5 heterocycles. The third-order valence-corrected chi connectivity index (χ3v) is 9.71. The molecule has 0 bridgehead atoms. The number of rotatable bonds is 1. The molecule has 42 heavy (non-hydrogen) atoms. The van der Waals surface area contributed by atoms with Gasteiger partial charge in [0.05, 0.1) is 28.7 Å². The summed E-state index contributed by atoms with van der Waals surface area (Å²) in [6.07, 6.45) is 6.95. The van der Waals surface area contributed by atoms with E-state index in [1.807, 2.05) is 6.08 Å². The van der Waals surface area contributed by atoms with E-state index in [-0.39, 0.29) is 6.04 Å². The van der Waals surface area contributed by atoms with Crippen LogP contribution in [0.15, 0.2) is 133 Å². The molecule has 2 atom stereocenters. The SMILES string of the molecule is C=CC1=NC(=C)CC2C(CCc3cc4c(cc31)c1cccc3c5ccccc5n4c31)c1ccccc1-c1cccc[n+]12. The second-order valence-corrected chi connectivity index (χ2v) is 11.8. The fourth-order valence-corrected chi connectivity index (χ4v) is 7.96. The van der Waals surface area contributed by atoms with Gasteiger partial charge >= 0.3 is 0 Å². The quantitative estimate of drug-likeness (QED) is 0.185. The van der Waals surface area contributed by atoms with Crippen LogP contribution >= 0.6 is 0 Å². The van der Waals surface area contributed by atoms with Crippen molar-refractivity contribution in [3.63, 3.8) is 0 Å². The smallest absolute Gasteiger partial charge is 0.213 e. The number of aliphatic imine (C=N–C) groups is 1. The minimum absolute atomic E-state index is 0.256. The molecule has 0 saturated heterocycles. The summed E-state index contributed by atoms with van der Waals surface area (Å²) in [5, 5.41) is 5.17. The third kappa shape index (κ3) is 3.16. The molecule has 9 rings (SSSR count). The highest BCUT2D eigenvalue weighted by atomic mass is 15.0. The Balaban J connectivity index is 1.30. The molecule has 3 heteroatoms. The Morgan fingerprint density at radius 2 is 1.57 bits per heavy atom. The van der Waals surface area contributed by atoms with Gasteiger partial charge in [-0.3, -0.25) is 4.99 Å². The molecular formula is C39H30N3+.